The molecule has 0 atom stereocenters. The second-order valence-electron chi connectivity index (χ2n) is 7.69. The largest absolute Gasteiger partial charge is 0.487 e. The van der Waals surface area contributed by atoms with E-state index in [9.17, 15) is 14.0 Å². The topological polar surface area (TPSA) is 115 Å². The Balaban J connectivity index is 1.75. The van der Waals surface area contributed by atoms with Gasteiger partial charge in [-0.3, -0.25) is 9.59 Å². The molecule has 33 heavy (non-hydrogen) atoms. The number of aromatic amines is 1. The Bertz CT molecular complexity index is 1390. The lowest BCUT2D eigenvalue weighted by molar-refractivity contribution is 0.0953. The highest BCUT2D eigenvalue weighted by atomic mass is 19.1. The van der Waals surface area contributed by atoms with Gasteiger partial charge in [-0.15, -0.1) is 0 Å². The summed E-state index contributed by atoms with van der Waals surface area (Å²) in [5.74, 6) is -0.587. The van der Waals surface area contributed by atoms with Gasteiger partial charge in [0, 0.05) is 36.3 Å². The van der Waals surface area contributed by atoms with Crippen LogP contribution >= 0.6 is 0 Å². The Morgan fingerprint density at radius 2 is 2.09 bits per heavy atom. The van der Waals surface area contributed by atoms with Crippen molar-refractivity contribution >= 4 is 22.5 Å². The van der Waals surface area contributed by atoms with Gasteiger partial charge in [0.15, 0.2) is 0 Å². The number of hydrogen-bond donors (Lipinski definition) is 3. The number of H-pyrrole nitrogens is 1. The molecule has 0 saturated carbocycles. The minimum Gasteiger partial charge on any atom is -0.487 e. The number of carbonyl (C=O) groups is 1. The van der Waals surface area contributed by atoms with Crippen LogP contribution in [-0.2, 0) is 13.7 Å². The average molecular weight is 449 g/mol. The lowest BCUT2D eigenvalue weighted by atomic mass is 9.99. The van der Waals surface area contributed by atoms with E-state index in [0.29, 0.717) is 28.8 Å². The summed E-state index contributed by atoms with van der Waals surface area (Å²) in [6.45, 7) is 2.55. The predicted molar refractivity (Wildman–Crippen MR) is 125 cm³/mol. The molecule has 4 aromatic rings. The van der Waals surface area contributed by atoms with Gasteiger partial charge in [-0.05, 0) is 24.6 Å². The highest BCUT2D eigenvalue weighted by Crippen LogP contribution is 2.34. The van der Waals surface area contributed by atoms with Crippen LogP contribution in [0.3, 0.4) is 0 Å². The molecule has 0 aliphatic rings. The third kappa shape index (κ3) is 4.43. The fraction of sp³-hybridized carbons (Fsp3) is 0.208. The van der Waals surface area contributed by atoms with Crippen molar-refractivity contribution in [2.75, 3.05) is 12.3 Å². The molecule has 2 aromatic carbocycles. The van der Waals surface area contributed by atoms with Crippen LogP contribution in [0.4, 0.5) is 10.1 Å². The molecule has 9 heteroatoms. The number of nitrogens with one attached hydrogen (secondary N) is 2. The number of anilines is 1. The Morgan fingerprint density at radius 3 is 2.82 bits per heavy atom. The van der Waals surface area contributed by atoms with Crippen LogP contribution in [0, 0.1) is 5.82 Å². The molecule has 0 unspecified atom stereocenters. The maximum absolute atomic E-state index is 14.8. The molecule has 0 aliphatic heterocycles. The summed E-state index contributed by atoms with van der Waals surface area (Å²) in [7, 11) is 1.86. The van der Waals surface area contributed by atoms with Gasteiger partial charge in [0.05, 0.1) is 23.2 Å². The normalized spacial score (nSPS) is 11.0. The first kappa shape index (κ1) is 22.1. The van der Waals surface area contributed by atoms with Crippen molar-refractivity contribution in [3.05, 3.63) is 76.4 Å². The van der Waals surface area contributed by atoms with Crippen LogP contribution < -0.4 is 21.3 Å². The van der Waals surface area contributed by atoms with Crippen LogP contribution in [0.15, 0.2) is 53.7 Å². The van der Waals surface area contributed by atoms with Gasteiger partial charge in [0.25, 0.3) is 11.5 Å². The zero-order chi connectivity index (χ0) is 23.5. The molecule has 8 nitrogen and oxygen atoms in total. The molecule has 0 radical (unpaired) electrons. The van der Waals surface area contributed by atoms with Crippen molar-refractivity contribution in [3.63, 3.8) is 0 Å². The summed E-state index contributed by atoms with van der Waals surface area (Å²) >= 11 is 0. The van der Waals surface area contributed by atoms with E-state index in [1.54, 1.807) is 30.6 Å². The molecule has 2 heterocycles. The molecule has 0 saturated heterocycles. The summed E-state index contributed by atoms with van der Waals surface area (Å²) in [6, 6.07) is 9.44. The van der Waals surface area contributed by atoms with E-state index in [1.165, 1.54) is 12.1 Å². The van der Waals surface area contributed by atoms with Gasteiger partial charge in [-0.25, -0.2) is 9.37 Å². The van der Waals surface area contributed by atoms with E-state index in [0.717, 1.165) is 12.1 Å². The minimum absolute atomic E-state index is 0.0483. The number of carbonyl (C=O) groups excluding carboxylic acids is 1. The maximum atomic E-state index is 14.8. The van der Waals surface area contributed by atoms with Gasteiger partial charge in [-0.2, -0.15) is 0 Å². The Hall–Kier alpha value is -4.14. The van der Waals surface area contributed by atoms with Gasteiger partial charge in [-0.1, -0.05) is 25.1 Å². The van der Waals surface area contributed by atoms with Crippen LogP contribution in [-0.4, -0.2) is 27.0 Å². The zero-order valence-electron chi connectivity index (χ0n) is 18.3. The van der Waals surface area contributed by atoms with Crippen LogP contribution in [0.25, 0.3) is 22.0 Å². The number of amides is 1. The van der Waals surface area contributed by atoms with Crippen LogP contribution in [0.5, 0.6) is 5.75 Å². The SMILES string of the molecule is CCCNC(=O)c1c(N)c2cccc(-c3cc(OCc4cn(C)cn4)ccc3F)c2[nH]c1=O. The minimum atomic E-state index is -0.635. The van der Waals surface area contributed by atoms with Crippen LogP contribution in [0.2, 0.25) is 0 Å². The third-order valence-electron chi connectivity index (χ3n) is 5.23. The Morgan fingerprint density at radius 1 is 1.27 bits per heavy atom. The molecular weight excluding hydrogens is 425 g/mol. The number of nitrogens with zero attached hydrogens (tertiary/aromatic N) is 2. The van der Waals surface area contributed by atoms with Crippen molar-refractivity contribution in [1.29, 1.82) is 0 Å². The fourth-order valence-electron chi connectivity index (χ4n) is 3.62. The first-order valence-electron chi connectivity index (χ1n) is 10.5. The number of pyridine rings is 1. The number of hydrogen-bond acceptors (Lipinski definition) is 5. The summed E-state index contributed by atoms with van der Waals surface area (Å²) < 4.78 is 22.4. The van der Waals surface area contributed by atoms with E-state index in [4.69, 9.17) is 10.5 Å². The number of imidazole rings is 1. The van der Waals surface area contributed by atoms with E-state index in [2.05, 4.69) is 15.3 Å². The predicted octanol–water partition coefficient (Wildman–Crippen LogP) is 3.37. The second kappa shape index (κ2) is 9.15. The van der Waals surface area contributed by atoms with Crippen molar-refractivity contribution < 1.29 is 13.9 Å². The molecule has 170 valence electrons. The van der Waals surface area contributed by atoms with Gasteiger partial charge < -0.3 is 25.3 Å². The van der Waals surface area contributed by atoms with Crippen molar-refractivity contribution in [3.8, 4) is 16.9 Å². The molecule has 0 fully saturated rings. The number of aryl methyl sites for hydroxylation is 1. The zero-order valence-corrected chi connectivity index (χ0v) is 18.3. The number of halogens is 1. The molecular formula is C24H24FN5O3. The maximum Gasteiger partial charge on any atom is 0.263 e. The summed E-state index contributed by atoms with van der Waals surface area (Å²) in [5.41, 5.74) is 7.21. The van der Waals surface area contributed by atoms with Gasteiger partial charge >= 0.3 is 0 Å². The molecule has 4 N–H and O–H groups in total. The van der Waals surface area contributed by atoms with Gasteiger partial charge in [0.2, 0.25) is 0 Å². The highest BCUT2D eigenvalue weighted by Gasteiger charge is 2.20. The lowest BCUT2D eigenvalue weighted by Gasteiger charge is -2.13. The molecule has 1 amide bonds. The van der Waals surface area contributed by atoms with Crippen molar-refractivity contribution in [2.45, 2.75) is 20.0 Å². The third-order valence-corrected chi connectivity index (χ3v) is 5.23. The first-order chi connectivity index (χ1) is 15.9. The molecule has 0 bridgehead atoms. The van der Waals surface area contributed by atoms with Gasteiger partial charge in [0.1, 0.15) is 23.7 Å². The lowest BCUT2D eigenvalue weighted by Crippen LogP contribution is -2.31. The number of aromatic nitrogens is 3. The number of para-hydroxylation sites is 1. The van der Waals surface area contributed by atoms with E-state index >= 15 is 0 Å². The number of benzene rings is 2. The van der Waals surface area contributed by atoms with E-state index < -0.39 is 17.3 Å². The standard InChI is InChI=1S/C24H24FN5O3/c1-3-9-27-23(31)20-21(26)17-6-4-5-16(22(17)29-24(20)32)18-10-15(7-8-19(18)25)33-12-14-11-30(2)13-28-14/h4-8,10-11,13H,3,9,12H2,1-2H3,(H,27,31)(H3,26,29,32). The van der Waals surface area contributed by atoms with Crippen molar-refractivity contribution in [2.24, 2.45) is 7.05 Å². The Labute approximate surface area is 189 Å². The Kier molecular flexibility index (Phi) is 6.12. The number of nitrogens with two attached hydrogens (primary N) is 1. The number of ether oxygens (including phenoxy) is 1. The summed E-state index contributed by atoms with van der Waals surface area (Å²) in [4.78, 5) is 32.1. The van der Waals surface area contributed by atoms with E-state index in [-0.39, 0.29) is 23.4 Å². The fourth-order valence-corrected chi connectivity index (χ4v) is 3.62. The second-order valence-corrected chi connectivity index (χ2v) is 7.69. The molecule has 0 aliphatic carbocycles. The first-order valence-corrected chi connectivity index (χ1v) is 10.5. The summed E-state index contributed by atoms with van der Waals surface area (Å²) in [5, 5.41) is 3.12. The number of nitrogen functional groups attached to an aromatic ring is 1. The molecule has 2 aromatic heterocycles. The molecule has 0 spiro atoms. The highest BCUT2D eigenvalue weighted by molar-refractivity contribution is 6.08. The monoisotopic (exact) mass is 449 g/mol. The van der Waals surface area contributed by atoms with E-state index in [1.807, 2.05) is 24.7 Å². The average Bonchev–Trinajstić information content (AvgIpc) is 3.22. The quantitative estimate of drug-likeness (QED) is 0.400. The van der Waals surface area contributed by atoms with Crippen LogP contribution in [0.1, 0.15) is 29.4 Å². The smallest absolute Gasteiger partial charge is 0.263 e. The number of fused-ring (bicyclic) bond motifs is 1. The summed E-state index contributed by atoms with van der Waals surface area (Å²) in [6.07, 6.45) is 4.22. The number of rotatable bonds is 7. The molecule has 4 rings (SSSR count). The van der Waals surface area contributed by atoms with Crippen molar-refractivity contribution in [1.82, 2.24) is 19.9 Å².